The van der Waals surface area contributed by atoms with Crippen LogP contribution in [-0.4, -0.2) is 28.7 Å². The van der Waals surface area contributed by atoms with Gasteiger partial charge in [-0.1, -0.05) is 0 Å². The van der Waals surface area contributed by atoms with E-state index in [2.05, 4.69) is 0 Å². The lowest BCUT2D eigenvalue weighted by Crippen LogP contribution is -2.12. The first-order chi connectivity index (χ1) is 8.45. The number of halogens is 1. The van der Waals surface area contributed by atoms with Gasteiger partial charge in [0.25, 0.3) is 0 Å². The first-order valence-electron chi connectivity index (χ1n) is 5.39. The zero-order chi connectivity index (χ0) is 13.6. The topological polar surface area (TPSA) is 78.6 Å². The third kappa shape index (κ3) is 4.59. The van der Waals surface area contributed by atoms with Crippen LogP contribution in [0, 0.1) is 5.82 Å². The molecule has 0 fully saturated rings. The van der Waals surface area contributed by atoms with Crippen LogP contribution >= 0.6 is 0 Å². The molecule has 0 aliphatic carbocycles. The molecule has 0 amide bonds. The van der Waals surface area contributed by atoms with Crippen LogP contribution in [-0.2, 0) is 14.8 Å². The molecule has 0 spiro atoms. The first kappa shape index (κ1) is 14.9. The van der Waals surface area contributed by atoms with Crippen LogP contribution in [0.2, 0.25) is 0 Å². The lowest BCUT2D eigenvalue weighted by atomic mass is 10.3. The highest BCUT2D eigenvalue weighted by Gasteiger charge is 2.12. The summed E-state index contributed by atoms with van der Waals surface area (Å²) in [5.41, 5.74) is 0. The Morgan fingerprint density at radius 1 is 1.28 bits per heavy atom. The fourth-order valence-electron chi connectivity index (χ4n) is 1.31. The lowest BCUT2D eigenvalue weighted by molar-refractivity contribution is 0.183. The summed E-state index contributed by atoms with van der Waals surface area (Å²) < 4.78 is 45.5. The van der Waals surface area contributed by atoms with Crippen molar-refractivity contribution in [1.82, 2.24) is 0 Å². The predicted octanol–water partition coefficient (Wildman–Crippen LogP) is 1.28. The van der Waals surface area contributed by atoms with Gasteiger partial charge in [-0.3, -0.25) is 0 Å². The second-order valence-electron chi connectivity index (χ2n) is 3.69. The van der Waals surface area contributed by atoms with Gasteiger partial charge in [0.2, 0.25) is 10.0 Å². The Morgan fingerprint density at radius 2 is 1.94 bits per heavy atom. The summed E-state index contributed by atoms with van der Waals surface area (Å²) in [4.78, 5) is -0.272. The molecule has 102 valence electrons. The molecule has 0 aromatic heterocycles. The van der Waals surface area contributed by atoms with Gasteiger partial charge in [-0.15, -0.1) is 0 Å². The number of unbranched alkanes of at least 4 members (excludes halogenated alkanes) is 1. The van der Waals surface area contributed by atoms with Crippen molar-refractivity contribution in [3.05, 3.63) is 24.0 Å². The minimum atomic E-state index is -3.89. The van der Waals surface area contributed by atoms with Gasteiger partial charge in [-0.2, -0.15) is 0 Å². The standard InChI is InChI=1S/C11H16FNO4S/c1-16-6-2-3-7-17-11-5-4-9(8-10(11)12)18(13,14)15/h4-5,8H,2-3,6-7H2,1H3,(H2,13,14,15). The van der Waals surface area contributed by atoms with Crippen molar-refractivity contribution in [2.75, 3.05) is 20.3 Å². The molecular weight excluding hydrogens is 261 g/mol. The summed E-state index contributed by atoms with van der Waals surface area (Å²) >= 11 is 0. The molecule has 0 radical (unpaired) electrons. The van der Waals surface area contributed by atoms with Crippen LogP contribution in [0.15, 0.2) is 23.1 Å². The number of ether oxygens (including phenoxy) is 2. The van der Waals surface area contributed by atoms with Crippen LogP contribution in [0.5, 0.6) is 5.75 Å². The lowest BCUT2D eigenvalue weighted by Gasteiger charge is -2.08. The average Bonchev–Trinajstić information content (AvgIpc) is 2.29. The van der Waals surface area contributed by atoms with Gasteiger partial charge in [0.05, 0.1) is 11.5 Å². The maximum atomic E-state index is 13.5. The predicted molar refractivity (Wildman–Crippen MR) is 64.4 cm³/mol. The van der Waals surface area contributed by atoms with E-state index in [4.69, 9.17) is 14.6 Å². The molecule has 18 heavy (non-hydrogen) atoms. The third-order valence-electron chi connectivity index (χ3n) is 2.23. The second kappa shape index (κ2) is 6.67. The van der Waals surface area contributed by atoms with E-state index < -0.39 is 15.8 Å². The normalized spacial score (nSPS) is 11.5. The molecule has 1 aromatic carbocycles. The van der Waals surface area contributed by atoms with E-state index in [9.17, 15) is 12.8 Å². The average molecular weight is 277 g/mol. The van der Waals surface area contributed by atoms with Crippen molar-refractivity contribution in [2.45, 2.75) is 17.7 Å². The van der Waals surface area contributed by atoms with Crippen molar-refractivity contribution in [3.8, 4) is 5.75 Å². The van der Waals surface area contributed by atoms with Crippen molar-refractivity contribution in [2.24, 2.45) is 5.14 Å². The van der Waals surface area contributed by atoms with Gasteiger partial charge in [0.1, 0.15) is 0 Å². The van der Waals surface area contributed by atoms with Gasteiger partial charge in [0, 0.05) is 13.7 Å². The monoisotopic (exact) mass is 277 g/mol. The largest absolute Gasteiger partial charge is 0.491 e. The molecule has 5 nitrogen and oxygen atoms in total. The molecule has 0 bridgehead atoms. The molecule has 0 heterocycles. The van der Waals surface area contributed by atoms with E-state index >= 15 is 0 Å². The minimum Gasteiger partial charge on any atom is -0.491 e. The van der Waals surface area contributed by atoms with Gasteiger partial charge in [-0.05, 0) is 31.0 Å². The number of methoxy groups -OCH3 is 1. The number of primary sulfonamides is 1. The summed E-state index contributed by atoms with van der Waals surface area (Å²) in [5.74, 6) is -0.729. The molecule has 1 aromatic rings. The molecule has 0 unspecified atom stereocenters. The molecule has 7 heteroatoms. The maximum Gasteiger partial charge on any atom is 0.238 e. The summed E-state index contributed by atoms with van der Waals surface area (Å²) in [6.07, 6.45) is 1.54. The van der Waals surface area contributed by atoms with E-state index in [1.165, 1.54) is 12.1 Å². The van der Waals surface area contributed by atoms with Crippen molar-refractivity contribution >= 4 is 10.0 Å². The quantitative estimate of drug-likeness (QED) is 0.761. The zero-order valence-electron chi connectivity index (χ0n) is 10.1. The first-order valence-corrected chi connectivity index (χ1v) is 6.94. The fourth-order valence-corrected chi connectivity index (χ4v) is 1.83. The molecule has 2 N–H and O–H groups in total. The minimum absolute atomic E-state index is 0.0137. The van der Waals surface area contributed by atoms with Gasteiger partial charge >= 0.3 is 0 Å². The summed E-state index contributed by atoms with van der Waals surface area (Å²) in [5, 5.41) is 4.88. The fraction of sp³-hybridized carbons (Fsp3) is 0.455. The van der Waals surface area contributed by atoms with Crippen LogP contribution in [0.4, 0.5) is 4.39 Å². The SMILES string of the molecule is COCCCCOc1ccc(S(N)(=O)=O)cc1F. The highest BCUT2D eigenvalue weighted by Crippen LogP contribution is 2.20. The summed E-state index contributed by atoms with van der Waals surface area (Å²) in [6.45, 7) is 0.963. The smallest absolute Gasteiger partial charge is 0.238 e. The number of hydrogen-bond donors (Lipinski definition) is 1. The Kier molecular flexibility index (Phi) is 5.52. The van der Waals surface area contributed by atoms with Crippen LogP contribution < -0.4 is 9.88 Å². The van der Waals surface area contributed by atoms with Crippen molar-refractivity contribution in [1.29, 1.82) is 0 Å². The third-order valence-corrected chi connectivity index (χ3v) is 3.14. The molecule has 1 rings (SSSR count). The summed E-state index contributed by atoms with van der Waals surface area (Å²) in [6, 6.07) is 3.31. The Labute approximate surface area is 106 Å². The van der Waals surface area contributed by atoms with Crippen molar-refractivity contribution in [3.63, 3.8) is 0 Å². The number of benzene rings is 1. The maximum absolute atomic E-state index is 13.5. The van der Waals surface area contributed by atoms with Crippen LogP contribution in [0.1, 0.15) is 12.8 Å². The van der Waals surface area contributed by atoms with Gasteiger partial charge in [-0.25, -0.2) is 17.9 Å². The van der Waals surface area contributed by atoms with Crippen LogP contribution in [0.3, 0.4) is 0 Å². The van der Waals surface area contributed by atoms with Crippen molar-refractivity contribution < 1.29 is 22.3 Å². The highest BCUT2D eigenvalue weighted by molar-refractivity contribution is 7.89. The molecule has 0 aliphatic heterocycles. The Hall–Kier alpha value is -1.18. The Morgan fingerprint density at radius 3 is 2.50 bits per heavy atom. The molecular formula is C11H16FNO4S. The number of hydrogen-bond acceptors (Lipinski definition) is 4. The Balaban J connectivity index is 2.58. The van der Waals surface area contributed by atoms with E-state index in [-0.39, 0.29) is 10.6 Å². The number of sulfonamides is 1. The van der Waals surface area contributed by atoms with E-state index in [0.29, 0.717) is 13.2 Å². The molecule has 0 saturated carbocycles. The molecule has 0 atom stereocenters. The Bertz CT molecular complexity index is 490. The zero-order valence-corrected chi connectivity index (χ0v) is 10.9. The van der Waals surface area contributed by atoms with E-state index in [1.54, 1.807) is 7.11 Å². The second-order valence-corrected chi connectivity index (χ2v) is 5.25. The molecule has 0 aliphatic rings. The van der Waals surface area contributed by atoms with Crippen LogP contribution in [0.25, 0.3) is 0 Å². The summed E-state index contributed by atoms with van der Waals surface area (Å²) in [7, 11) is -2.28. The number of rotatable bonds is 7. The molecule has 0 saturated heterocycles. The van der Waals surface area contributed by atoms with Gasteiger partial charge in [0.15, 0.2) is 11.6 Å². The number of nitrogens with two attached hydrogens (primary N) is 1. The van der Waals surface area contributed by atoms with E-state index in [1.807, 2.05) is 0 Å². The van der Waals surface area contributed by atoms with E-state index in [0.717, 1.165) is 18.9 Å². The van der Waals surface area contributed by atoms with Gasteiger partial charge < -0.3 is 9.47 Å². The highest BCUT2D eigenvalue weighted by atomic mass is 32.2.